The molecule has 0 saturated heterocycles. The van der Waals surface area contributed by atoms with Gasteiger partial charge in [-0.1, -0.05) is 38.6 Å². The van der Waals surface area contributed by atoms with Crippen LogP contribution < -0.4 is 10.5 Å². The van der Waals surface area contributed by atoms with Gasteiger partial charge in [-0.25, -0.2) is 23.1 Å². The Morgan fingerprint density at radius 2 is 1.91 bits per heavy atom. The molecule has 1 unspecified atom stereocenters. The molecule has 10 heteroatoms. The number of benzene rings is 1. The monoisotopic (exact) mass is 486 g/mol. The molecule has 2 N–H and O–H groups in total. The number of aliphatic imine (C=N–C) groups is 1. The highest BCUT2D eigenvalue weighted by Crippen LogP contribution is 2.23. The van der Waals surface area contributed by atoms with E-state index >= 15 is 0 Å². The minimum absolute atomic E-state index is 0.00464. The van der Waals surface area contributed by atoms with Crippen LogP contribution in [0.4, 0.5) is 13.2 Å². The number of aromatic nitrogens is 2. The average Bonchev–Trinajstić information content (AvgIpc) is 2.81. The SMILES string of the molecule is CC.CN=C(N)SC(C)Cc1cc(/C=C(\F)c2cnc(OCCF)cn2)ccc1F.COC. The topological polar surface area (TPSA) is 82.6 Å². The van der Waals surface area contributed by atoms with Crippen molar-refractivity contribution in [3.8, 4) is 5.88 Å². The maximum Gasteiger partial charge on any atom is 0.232 e. The van der Waals surface area contributed by atoms with Crippen molar-refractivity contribution in [1.82, 2.24) is 9.97 Å². The summed E-state index contributed by atoms with van der Waals surface area (Å²) in [5.74, 6) is -0.891. The molecule has 0 aliphatic rings. The molecule has 1 heterocycles. The van der Waals surface area contributed by atoms with Crippen molar-refractivity contribution in [2.75, 3.05) is 34.5 Å². The maximum atomic E-state index is 14.4. The number of thioether (sulfide) groups is 1. The van der Waals surface area contributed by atoms with Gasteiger partial charge in [0.1, 0.15) is 24.8 Å². The van der Waals surface area contributed by atoms with Gasteiger partial charge in [0.2, 0.25) is 5.88 Å². The standard InChI is InChI=1S/C19H21F3N4OS.C2H6O.C2H6/c1-12(28-19(23)24-2)7-14-8-13(3-4-15(14)21)9-16(22)17-10-26-18(11-25-17)27-6-5-20;1-3-2;1-2/h3-4,8-12H,5-7H2,1-2H3,(H2,23,24);1-2H3;1-2H3/b16-9-;;. The number of hydrogen-bond acceptors (Lipinski definition) is 6. The van der Waals surface area contributed by atoms with Gasteiger partial charge < -0.3 is 15.2 Å². The molecule has 33 heavy (non-hydrogen) atoms. The largest absolute Gasteiger partial charge is 0.474 e. The second kappa shape index (κ2) is 17.9. The quantitative estimate of drug-likeness (QED) is 0.401. The first kappa shape index (κ1) is 30.4. The number of nitrogens with two attached hydrogens (primary N) is 1. The van der Waals surface area contributed by atoms with E-state index in [9.17, 15) is 13.2 Å². The number of amidine groups is 1. The lowest BCUT2D eigenvalue weighted by atomic mass is 10.1. The summed E-state index contributed by atoms with van der Waals surface area (Å²) < 4.78 is 49.8. The van der Waals surface area contributed by atoms with E-state index < -0.39 is 12.5 Å². The first-order valence-corrected chi connectivity index (χ1v) is 11.2. The van der Waals surface area contributed by atoms with Crippen LogP contribution in [0.2, 0.25) is 0 Å². The molecule has 0 bridgehead atoms. The zero-order valence-electron chi connectivity index (χ0n) is 19.9. The van der Waals surface area contributed by atoms with Crippen LogP contribution in [-0.2, 0) is 11.2 Å². The second-order valence-corrected chi connectivity index (χ2v) is 7.68. The van der Waals surface area contributed by atoms with E-state index in [-0.39, 0.29) is 29.2 Å². The second-order valence-electron chi connectivity index (χ2n) is 6.22. The Labute approximate surface area is 198 Å². The summed E-state index contributed by atoms with van der Waals surface area (Å²) in [6.07, 6.45) is 4.06. The van der Waals surface area contributed by atoms with Crippen LogP contribution in [0.25, 0.3) is 11.9 Å². The lowest BCUT2D eigenvalue weighted by Gasteiger charge is -2.12. The molecule has 0 spiro atoms. The number of nitrogens with zero attached hydrogens (tertiary/aromatic N) is 3. The molecule has 1 aromatic carbocycles. The van der Waals surface area contributed by atoms with E-state index in [0.29, 0.717) is 22.7 Å². The van der Waals surface area contributed by atoms with E-state index in [2.05, 4.69) is 19.7 Å². The van der Waals surface area contributed by atoms with Crippen molar-refractivity contribution >= 4 is 28.8 Å². The first-order valence-electron chi connectivity index (χ1n) is 10.3. The fourth-order valence-corrected chi connectivity index (χ4v) is 3.11. The minimum Gasteiger partial charge on any atom is -0.474 e. The van der Waals surface area contributed by atoms with Gasteiger partial charge in [-0.2, -0.15) is 0 Å². The Morgan fingerprint density at radius 3 is 2.45 bits per heavy atom. The molecule has 0 fully saturated rings. The molecule has 2 rings (SSSR count). The van der Waals surface area contributed by atoms with Crippen LogP contribution in [-0.4, -0.2) is 54.9 Å². The third-order valence-corrected chi connectivity index (χ3v) is 4.61. The first-order chi connectivity index (χ1) is 15.8. The third-order valence-electron chi connectivity index (χ3n) is 3.61. The van der Waals surface area contributed by atoms with Gasteiger partial charge in [0.05, 0.1) is 12.4 Å². The van der Waals surface area contributed by atoms with Crippen LogP contribution in [0.15, 0.2) is 35.6 Å². The Balaban J connectivity index is 0.00000189. The molecule has 1 aromatic heterocycles. The van der Waals surface area contributed by atoms with Gasteiger partial charge in [0, 0.05) is 26.5 Å². The van der Waals surface area contributed by atoms with E-state index in [1.54, 1.807) is 27.3 Å². The van der Waals surface area contributed by atoms with E-state index in [1.807, 2.05) is 20.8 Å². The maximum absolute atomic E-state index is 14.4. The predicted octanol–water partition coefficient (Wildman–Crippen LogP) is 5.33. The lowest BCUT2D eigenvalue weighted by Crippen LogP contribution is -2.13. The smallest absolute Gasteiger partial charge is 0.232 e. The van der Waals surface area contributed by atoms with Crippen molar-refractivity contribution in [2.24, 2.45) is 10.7 Å². The predicted molar refractivity (Wildman–Crippen MR) is 131 cm³/mol. The molecule has 6 nitrogen and oxygen atoms in total. The third kappa shape index (κ3) is 12.3. The molecule has 184 valence electrons. The summed E-state index contributed by atoms with van der Waals surface area (Å²) in [7, 11) is 4.84. The summed E-state index contributed by atoms with van der Waals surface area (Å²) in [6.45, 7) is 5.12. The number of methoxy groups -OCH3 is 1. The summed E-state index contributed by atoms with van der Waals surface area (Å²) >= 11 is 1.34. The normalized spacial score (nSPS) is 12.2. The highest BCUT2D eigenvalue weighted by molar-refractivity contribution is 8.14. The van der Waals surface area contributed by atoms with Crippen molar-refractivity contribution in [3.63, 3.8) is 0 Å². The zero-order chi connectivity index (χ0) is 25.2. The van der Waals surface area contributed by atoms with Gasteiger partial charge in [-0.15, -0.1) is 0 Å². The molecular weight excluding hydrogens is 453 g/mol. The number of hydrogen-bond donors (Lipinski definition) is 1. The summed E-state index contributed by atoms with van der Waals surface area (Å²) in [6, 6.07) is 4.35. The molecule has 0 aliphatic heterocycles. The van der Waals surface area contributed by atoms with Crippen LogP contribution in [0.3, 0.4) is 0 Å². The average molecular weight is 487 g/mol. The molecule has 0 amide bonds. The van der Waals surface area contributed by atoms with Crippen molar-refractivity contribution in [3.05, 3.63) is 53.2 Å². The molecule has 0 saturated carbocycles. The number of alkyl halides is 1. The highest BCUT2D eigenvalue weighted by atomic mass is 32.2. The summed E-state index contributed by atoms with van der Waals surface area (Å²) in [5.41, 5.74) is 6.62. The van der Waals surface area contributed by atoms with Crippen molar-refractivity contribution in [1.29, 1.82) is 0 Å². The molecule has 1 atom stereocenters. The summed E-state index contributed by atoms with van der Waals surface area (Å²) in [5, 5.41) is 0.428. The van der Waals surface area contributed by atoms with Crippen LogP contribution in [0.1, 0.15) is 37.6 Å². The fraction of sp³-hybridized carbons (Fsp3) is 0.435. The minimum atomic E-state index is -0.653. The Hall–Kier alpha value is -2.59. The van der Waals surface area contributed by atoms with E-state index in [4.69, 9.17) is 10.5 Å². The lowest BCUT2D eigenvalue weighted by molar-refractivity contribution is 0.263. The van der Waals surface area contributed by atoms with Gasteiger partial charge in [0.25, 0.3) is 0 Å². The molecular formula is C23H33F3N4O2S. The Kier molecular flexibility index (Phi) is 16.5. The van der Waals surface area contributed by atoms with Crippen molar-refractivity contribution < 1.29 is 22.6 Å². The number of rotatable bonds is 8. The van der Waals surface area contributed by atoms with Crippen molar-refractivity contribution in [2.45, 2.75) is 32.4 Å². The van der Waals surface area contributed by atoms with Gasteiger partial charge in [0.15, 0.2) is 11.0 Å². The number of halogens is 3. The Bertz CT molecular complexity index is 865. The molecule has 2 aromatic rings. The zero-order valence-corrected chi connectivity index (χ0v) is 20.8. The molecule has 0 aliphatic carbocycles. The molecule has 0 radical (unpaired) electrons. The van der Waals surface area contributed by atoms with Gasteiger partial charge >= 0.3 is 0 Å². The van der Waals surface area contributed by atoms with E-state index in [0.717, 1.165) is 0 Å². The van der Waals surface area contributed by atoms with E-state index in [1.165, 1.54) is 42.4 Å². The van der Waals surface area contributed by atoms with Gasteiger partial charge in [-0.05, 0) is 35.8 Å². The fourth-order valence-electron chi connectivity index (χ4n) is 2.33. The number of ether oxygens (including phenoxy) is 2. The summed E-state index contributed by atoms with van der Waals surface area (Å²) in [4.78, 5) is 11.6. The van der Waals surface area contributed by atoms with Crippen LogP contribution in [0, 0.1) is 5.82 Å². The highest BCUT2D eigenvalue weighted by Gasteiger charge is 2.12. The van der Waals surface area contributed by atoms with Crippen LogP contribution in [0.5, 0.6) is 5.88 Å². The van der Waals surface area contributed by atoms with Crippen LogP contribution >= 0.6 is 11.8 Å². The van der Waals surface area contributed by atoms with Gasteiger partial charge in [-0.3, -0.25) is 4.99 Å². The Morgan fingerprint density at radius 1 is 1.24 bits per heavy atom.